The van der Waals surface area contributed by atoms with Gasteiger partial charge in [-0.05, 0) is 25.0 Å². The molecule has 3 N–H and O–H groups in total. The fraction of sp³-hybridized carbons (Fsp3) is 0.364. The third-order valence-electron chi connectivity index (χ3n) is 2.32. The maximum atomic E-state index is 10.9. The second-order valence-corrected chi connectivity index (χ2v) is 3.47. The average Bonchev–Trinajstić information content (AvgIpc) is 2.16. The zero-order chi connectivity index (χ0) is 10.7. The summed E-state index contributed by atoms with van der Waals surface area (Å²) >= 11 is 0. The molecule has 76 valence electrons. The van der Waals surface area contributed by atoms with E-state index in [1.54, 1.807) is 19.9 Å². The summed E-state index contributed by atoms with van der Waals surface area (Å²) in [7, 11) is 0. The Bertz CT molecular complexity index is 334. The van der Waals surface area contributed by atoms with Crippen LogP contribution in [0, 0.1) is 0 Å². The number of aliphatic hydroxyl groups excluding tert-OH is 1. The lowest BCUT2D eigenvalue weighted by molar-refractivity contribution is -0.119. The number of primary amides is 1. The van der Waals surface area contributed by atoms with E-state index in [-0.39, 0.29) is 11.8 Å². The molecular weight excluding hydrogens is 178 g/mol. The second kappa shape index (κ2) is 4.24. The molecule has 14 heavy (non-hydrogen) atoms. The average molecular weight is 193 g/mol. The monoisotopic (exact) mass is 193 g/mol. The molecule has 0 aromatic heterocycles. The number of nitrogens with two attached hydrogens (primary N) is 1. The van der Waals surface area contributed by atoms with Gasteiger partial charge in [-0.2, -0.15) is 0 Å². The van der Waals surface area contributed by atoms with Gasteiger partial charge in [0.25, 0.3) is 0 Å². The van der Waals surface area contributed by atoms with Gasteiger partial charge in [-0.25, -0.2) is 0 Å². The molecule has 3 nitrogen and oxygen atoms in total. The predicted octanol–water partition coefficient (Wildman–Crippen LogP) is 1.33. The molecule has 1 amide bonds. The van der Waals surface area contributed by atoms with E-state index in [0.717, 1.165) is 11.1 Å². The summed E-state index contributed by atoms with van der Waals surface area (Å²) in [6.07, 6.45) is -0.518. The van der Waals surface area contributed by atoms with Crippen LogP contribution >= 0.6 is 0 Å². The minimum absolute atomic E-state index is 0.311. The van der Waals surface area contributed by atoms with Crippen molar-refractivity contribution in [2.24, 2.45) is 5.73 Å². The van der Waals surface area contributed by atoms with E-state index in [9.17, 15) is 9.90 Å². The van der Waals surface area contributed by atoms with Gasteiger partial charge >= 0.3 is 0 Å². The molecule has 0 aliphatic carbocycles. The molecule has 0 spiro atoms. The molecule has 3 heteroatoms. The summed E-state index contributed by atoms with van der Waals surface area (Å²) in [6, 6.07) is 7.28. The van der Waals surface area contributed by atoms with E-state index >= 15 is 0 Å². The smallest absolute Gasteiger partial charge is 0.224 e. The fourth-order valence-corrected chi connectivity index (χ4v) is 1.25. The minimum Gasteiger partial charge on any atom is -0.389 e. The zero-order valence-electron chi connectivity index (χ0n) is 8.40. The molecule has 0 aliphatic heterocycles. The number of hydrogen-bond acceptors (Lipinski definition) is 2. The van der Waals surface area contributed by atoms with Crippen LogP contribution in [0.15, 0.2) is 24.3 Å². The quantitative estimate of drug-likeness (QED) is 0.760. The largest absolute Gasteiger partial charge is 0.389 e. The van der Waals surface area contributed by atoms with Crippen LogP contribution in [0.1, 0.15) is 37.0 Å². The number of aliphatic hydroxyl groups is 1. The number of amides is 1. The Morgan fingerprint density at radius 3 is 2.43 bits per heavy atom. The summed E-state index contributed by atoms with van der Waals surface area (Å²) in [5.74, 6) is -0.665. The normalized spacial score (nSPS) is 14.8. The first-order valence-corrected chi connectivity index (χ1v) is 4.59. The first-order valence-electron chi connectivity index (χ1n) is 4.59. The van der Waals surface area contributed by atoms with Crippen molar-refractivity contribution in [3.8, 4) is 0 Å². The zero-order valence-corrected chi connectivity index (χ0v) is 8.40. The van der Waals surface area contributed by atoms with Crippen LogP contribution in [-0.4, -0.2) is 11.0 Å². The molecule has 0 saturated carbocycles. The predicted molar refractivity (Wildman–Crippen MR) is 54.7 cm³/mol. The molecule has 2 unspecified atom stereocenters. The Labute approximate surface area is 83.6 Å². The van der Waals surface area contributed by atoms with E-state index in [2.05, 4.69) is 0 Å². The van der Waals surface area contributed by atoms with Crippen LogP contribution in [0.25, 0.3) is 0 Å². The summed E-state index contributed by atoms with van der Waals surface area (Å²) < 4.78 is 0. The molecule has 0 bridgehead atoms. The molecule has 1 aromatic carbocycles. The number of carbonyl (C=O) groups is 1. The Kier molecular flexibility index (Phi) is 3.25. The fourth-order valence-electron chi connectivity index (χ4n) is 1.25. The van der Waals surface area contributed by atoms with Gasteiger partial charge in [-0.15, -0.1) is 0 Å². The molecule has 0 aliphatic rings. The van der Waals surface area contributed by atoms with Gasteiger partial charge in [-0.3, -0.25) is 4.79 Å². The molecule has 0 heterocycles. The first-order chi connectivity index (χ1) is 6.52. The van der Waals surface area contributed by atoms with Gasteiger partial charge in [0, 0.05) is 0 Å². The van der Waals surface area contributed by atoms with Crippen LogP contribution in [0.2, 0.25) is 0 Å². The maximum Gasteiger partial charge on any atom is 0.224 e. The molecule has 0 fully saturated rings. The van der Waals surface area contributed by atoms with Gasteiger partial charge in [0.2, 0.25) is 5.91 Å². The third-order valence-corrected chi connectivity index (χ3v) is 2.32. The van der Waals surface area contributed by atoms with Crippen molar-refractivity contribution in [2.45, 2.75) is 25.9 Å². The molecule has 0 saturated heterocycles. The lowest BCUT2D eigenvalue weighted by Gasteiger charge is -2.10. The maximum absolute atomic E-state index is 10.9. The lowest BCUT2D eigenvalue weighted by atomic mass is 9.97. The lowest BCUT2D eigenvalue weighted by Crippen LogP contribution is -2.18. The highest BCUT2D eigenvalue weighted by Crippen LogP contribution is 2.19. The molecule has 1 aromatic rings. The Morgan fingerprint density at radius 2 is 1.93 bits per heavy atom. The Morgan fingerprint density at radius 1 is 1.36 bits per heavy atom. The van der Waals surface area contributed by atoms with Gasteiger partial charge in [0.15, 0.2) is 0 Å². The number of carbonyl (C=O) groups excluding carboxylic acids is 1. The van der Waals surface area contributed by atoms with Crippen molar-refractivity contribution >= 4 is 5.91 Å². The molecule has 0 radical (unpaired) electrons. The van der Waals surface area contributed by atoms with Crippen LogP contribution in [-0.2, 0) is 4.79 Å². The minimum atomic E-state index is -0.518. The van der Waals surface area contributed by atoms with Crippen molar-refractivity contribution in [2.75, 3.05) is 0 Å². The number of benzene rings is 1. The summed E-state index contributed by atoms with van der Waals surface area (Å²) in [5.41, 5.74) is 6.84. The van der Waals surface area contributed by atoms with Crippen LogP contribution in [0.3, 0.4) is 0 Å². The van der Waals surface area contributed by atoms with Crippen LogP contribution in [0.4, 0.5) is 0 Å². The summed E-state index contributed by atoms with van der Waals surface area (Å²) in [4.78, 5) is 10.9. The van der Waals surface area contributed by atoms with Gasteiger partial charge in [0.1, 0.15) is 0 Å². The van der Waals surface area contributed by atoms with Crippen molar-refractivity contribution < 1.29 is 9.90 Å². The summed E-state index contributed by atoms with van der Waals surface area (Å²) in [6.45, 7) is 3.44. The molecular formula is C11H15NO2. The van der Waals surface area contributed by atoms with Crippen molar-refractivity contribution in [3.63, 3.8) is 0 Å². The number of hydrogen-bond donors (Lipinski definition) is 2. The van der Waals surface area contributed by atoms with E-state index in [1.807, 2.05) is 18.2 Å². The Hall–Kier alpha value is -1.35. The van der Waals surface area contributed by atoms with E-state index in [0.29, 0.717) is 0 Å². The van der Waals surface area contributed by atoms with Gasteiger partial charge in [0.05, 0.1) is 12.0 Å². The molecule has 1 rings (SSSR count). The van der Waals surface area contributed by atoms with Gasteiger partial charge < -0.3 is 10.8 Å². The third kappa shape index (κ3) is 2.33. The Balaban J connectivity index is 2.99. The highest BCUT2D eigenvalue weighted by molar-refractivity contribution is 5.81. The second-order valence-electron chi connectivity index (χ2n) is 3.47. The SMILES string of the molecule is CC(O)c1cccc(C(C)C(N)=O)c1. The highest BCUT2D eigenvalue weighted by atomic mass is 16.3. The summed E-state index contributed by atoms with van der Waals surface area (Å²) in [5, 5.41) is 9.35. The highest BCUT2D eigenvalue weighted by Gasteiger charge is 2.12. The van der Waals surface area contributed by atoms with Crippen molar-refractivity contribution in [1.82, 2.24) is 0 Å². The van der Waals surface area contributed by atoms with E-state index in [1.165, 1.54) is 0 Å². The van der Waals surface area contributed by atoms with E-state index in [4.69, 9.17) is 5.73 Å². The van der Waals surface area contributed by atoms with E-state index < -0.39 is 6.10 Å². The molecule has 2 atom stereocenters. The van der Waals surface area contributed by atoms with Crippen LogP contribution in [0.5, 0.6) is 0 Å². The topological polar surface area (TPSA) is 63.3 Å². The standard InChI is InChI=1S/C11H15NO2/c1-7(11(12)14)9-4-3-5-10(6-9)8(2)13/h3-8,13H,1-2H3,(H2,12,14). The van der Waals surface area contributed by atoms with Gasteiger partial charge in [-0.1, -0.05) is 24.3 Å². The number of rotatable bonds is 3. The first kappa shape index (κ1) is 10.7. The van der Waals surface area contributed by atoms with Crippen molar-refractivity contribution in [3.05, 3.63) is 35.4 Å². The van der Waals surface area contributed by atoms with Crippen LogP contribution < -0.4 is 5.73 Å². The van der Waals surface area contributed by atoms with Crippen molar-refractivity contribution in [1.29, 1.82) is 0 Å².